The van der Waals surface area contributed by atoms with Crippen LogP contribution in [0.5, 0.6) is 0 Å². The summed E-state index contributed by atoms with van der Waals surface area (Å²) in [6.07, 6.45) is 5.94. The molecule has 1 saturated heterocycles. The van der Waals surface area contributed by atoms with Crippen LogP contribution in [0.25, 0.3) is 5.82 Å². The molecule has 13 heteroatoms. The van der Waals surface area contributed by atoms with Crippen LogP contribution in [0.1, 0.15) is 47.4 Å². The largest absolute Gasteiger partial charge is 0.378 e. The fourth-order valence-electron chi connectivity index (χ4n) is 3.47. The van der Waals surface area contributed by atoms with Crippen LogP contribution in [0, 0.1) is 0 Å². The number of nitrogens with zero attached hydrogens (tertiary/aromatic N) is 7. The lowest BCUT2D eigenvalue weighted by molar-refractivity contribution is 0.0948. The summed E-state index contributed by atoms with van der Waals surface area (Å²) in [6.45, 7) is 2.25. The molecule has 1 aliphatic heterocycles. The van der Waals surface area contributed by atoms with E-state index in [1.807, 2.05) is 0 Å². The molecule has 4 rings (SSSR count). The van der Waals surface area contributed by atoms with Crippen LogP contribution in [0.3, 0.4) is 0 Å². The third kappa shape index (κ3) is 4.90. The van der Waals surface area contributed by atoms with Gasteiger partial charge in [-0.05, 0) is 42.3 Å². The standard InChI is InChI=1S/C19H21Cl2N9O2/c20-13-7-5-6-12(15(13)21)10-23-25-19(31)16-14(11-29-8-3-1-2-4-9-29)30(28-24-16)18-17(22)26-32-27-18/h5-7,10H,1-4,8-9,11H2,(H2,22,26)(H,25,31). The Bertz CT molecular complexity index is 1120. The van der Waals surface area contributed by atoms with Crippen LogP contribution < -0.4 is 11.2 Å². The maximum Gasteiger partial charge on any atom is 0.293 e. The predicted octanol–water partition coefficient (Wildman–Crippen LogP) is 2.68. The summed E-state index contributed by atoms with van der Waals surface area (Å²) in [7, 11) is 0. The summed E-state index contributed by atoms with van der Waals surface area (Å²) >= 11 is 12.2. The average molecular weight is 478 g/mol. The molecule has 3 heterocycles. The van der Waals surface area contributed by atoms with Gasteiger partial charge in [0.1, 0.15) is 0 Å². The van der Waals surface area contributed by atoms with Crippen molar-refractivity contribution in [3.05, 3.63) is 45.2 Å². The molecule has 0 unspecified atom stereocenters. The minimum Gasteiger partial charge on any atom is -0.378 e. The molecule has 11 nitrogen and oxygen atoms in total. The van der Waals surface area contributed by atoms with Gasteiger partial charge in [0.2, 0.25) is 11.6 Å². The molecule has 3 N–H and O–H groups in total. The number of rotatable bonds is 6. The molecule has 0 bridgehead atoms. The van der Waals surface area contributed by atoms with Gasteiger partial charge >= 0.3 is 0 Å². The fraction of sp³-hybridized carbons (Fsp3) is 0.368. The lowest BCUT2D eigenvalue weighted by atomic mass is 10.2. The fourth-order valence-corrected chi connectivity index (χ4v) is 3.82. The Balaban J connectivity index is 1.58. The van der Waals surface area contributed by atoms with Gasteiger partial charge in [-0.1, -0.05) is 53.4 Å². The van der Waals surface area contributed by atoms with Gasteiger partial charge in [0.05, 0.1) is 22.0 Å². The molecule has 0 aliphatic carbocycles. The molecule has 2 aromatic heterocycles. The van der Waals surface area contributed by atoms with Crippen molar-refractivity contribution in [2.24, 2.45) is 5.10 Å². The number of carbonyl (C=O) groups is 1. The van der Waals surface area contributed by atoms with Crippen molar-refractivity contribution in [1.29, 1.82) is 0 Å². The van der Waals surface area contributed by atoms with Crippen LogP contribution in [0.15, 0.2) is 27.9 Å². The molecule has 0 atom stereocenters. The molecule has 3 aromatic rings. The quantitative estimate of drug-likeness (QED) is 0.407. The highest BCUT2D eigenvalue weighted by Gasteiger charge is 2.25. The van der Waals surface area contributed by atoms with E-state index in [0.29, 0.717) is 27.8 Å². The minimum atomic E-state index is -0.537. The van der Waals surface area contributed by atoms with E-state index < -0.39 is 5.91 Å². The second-order valence-electron chi connectivity index (χ2n) is 7.30. The average Bonchev–Trinajstić information content (AvgIpc) is 3.28. The van der Waals surface area contributed by atoms with Gasteiger partial charge in [0, 0.05) is 12.1 Å². The summed E-state index contributed by atoms with van der Waals surface area (Å²) in [5.74, 6) is -0.311. The molecule has 1 aliphatic rings. The van der Waals surface area contributed by atoms with Gasteiger partial charge in [-0.25, -0.2) is 10.1 Å². The number of hydrazone groups is 1. The van der Waals surface area contributed by atoms with Crippen molar-refractivity contribution in [2.75, 3.05) is 18.8 Å². The first-order valence-corrected chi connectivity index (χ1v) is 10.8. The van der Waals surface area contributed by atoms with Gasteiger partial charge in [-0.2, -0.15) is 9.78 Å². The smallest absolute Gasteiger partial charge is 0.293 e. The molecule has 0 radical (unpaired) electrons. The molecule has 32 heavy (non-hydrogen) atoms. The normalized spacial score (nSPS) is 15.2. The van der Waals surface area contributed by atoms with E-state index >= 15 is 0 Å². The number of nitrogens with one attached hydrogen (secondary N) is 1. The number of halogens is 2. The van der Waals surface area contributed by atoms with Gasteiger partial charge in [-0.3, -0.25) is 9.69 Å². The Kier molecular flexibility index (Phi) is 6.98. The Morgan fingerprint density at radius 1 is 1.22 bits per heavy atom. The maximum absolute atomic E-state index is 12.9. The van der Waals surface area contributed by atoms with Crippen molar-refractivity contribution in [3.63, 3.8) is 0 Å². The zero-order chi connectivity index (χ0) is 22.5. The summed E-state index contributed by atoms with van der Waals surface area (Å²) in [6, 6.07) is 5.13. The summed E-state index contributed by atoms with van der Waals surface area (Å²) < 4.78 is 6.07. The van der Waals surface area contributed by atoms with Crippen molar-refractivity contribution in [2.45, 2.75) is 32.2 Å². The van der Waals surface area contributed by atoms with Gasteiger partial charge < -0.3 is 5.73 Å². The van der Waals surface area contributed by atoms with Gasteiger partial charge in [0.15, 0.2) is 5.69 Å². The number of likely N-dealkylation sites (tertiary alicyclic amines) is 1. The molecular formula is C19H21Cl2N9O2. The van der Waals surface area contributed by atoms with Crippen LogP contribution in [0.4, 0.5) is 5.82 Å². The van der Waals surface area contributed by atoms with Crippen molar-refractivity contribution < 1.29 is 9.42 Å². The number of hydrogen-bond donors (Lipinski definition) is 2. The first kappa shape index (κ1) is 22.2. The molecule has 1 amide bonds. The Hall–Kier alpha value is -3.02. The second-order valence-corrected chi connectivity index (χ2v) is 8.09. The minimum absolute atomic E-state index is 0.0487. The highest BCUT2D eigenvalue weighted by Crippen LogP contribution is 2.24. The third-order valence-electron chi connectivity index (χ3n) is 5.10. The number of aromatic nitrogens is 5. The molecule has 0 spiro atoms. The predicted molar refractivity (Wildman–Crippen MR) is 119 cm³/mol. The number of carbonyl (C=O) groups excluding carboxylic acids is 1. The third-order valence-corrected chi connectivity index (χ3v) is 5.93. The van der Waals surface area contributed by atoms with Crippen molar-refractivity contribution >= 4 is 41.1 Å². The second kappa shape index (κ2) is 10.1. The topological polar surface area (TPSA) is 140 Å². The van der Waals surface area contributed by atoms with Crippen molar-refractivity contribution in [1.82, 2.24) is 35.6 Å². The molecule has 168 valence electrons. The number of anilines is 1. The molecule has 1 aromatic carbocycles. The summed E-state index contributed by atoms with van der Waals surface area (Å²) in [5.41, 5.74) is 9.48. The monoisotopic (exact) mass is 477 g/mol. The van der Waals surface area contributed by atoms with Crippen LogP contribution >= 0.6 is 23.2 Å². The Morgan fingerprint density at radius 3 is 2.72 bits per heavy atom. The van der Waals surface area contributed by atoms with Gasteiger partial charge in [0.25, 0.3) is 5.91 Å². The van der Waals surface area contributed by atoms with E-state index in [4.69, 9.17) is 33.6 Å². The van der Waals surface area contributed by atoms with E-state index in [0.717, 1.165) is 25.9 Å². The number of nitrogen functional groups attached to an aromatic ring is 1. The van der Waals surface area contributed by atoms with E-state index in [9.17, 15) is 4.79 Å². The Labute approximate surface area is 193 Å². The molecule has 0 saturated carbocycles. The Morgan fingerprint density at radius 2 is 2.00 bits per heavy atom. The zero-order valence-corrected chi connectivity index (χ0v) is 18.6. The number of amides is 1. The van der Waals surface area contributed by atoms with Crippen LogP contribution in [0.2, 0.25) is 10.0 Å². The van der Waals surface area contributed by atoms with E-state index in [1.54, 1.807) is 18.2 Å². The number of nitrogens with two attached hydrogens (primary N) is 1. The zero-order valence-electron chi connectivity index (χ0n) is 17.0. The van der Waals surface area contributed by atoms with Crippen LogP contribution in [-0.4, -0.2) is 55.4 Å². The summed E-state index contributed by atoms with van der Waals surface area (Å²) in [5, 5.41) is 20.2. The summed E-state index contributed by atoms with van der Waals surface area (Å²) in [4.78, 5) is 15.1. The van der Waals surface area contributed by atoms with E-state index in [-0.39, 0.29) is 17.3 Å². The lowest BCUT2D eigenvalue weighted by Gasteiger charge is -2.20. The van der Waals surface area contributed by atoms with E-state index in [2.05, 4.69) is 36.1 Å². The first-order valence-electron chi connectivity index (χ1n) is 10.1. The number of benzene rings is 1. The van der Waals surface area contributed by atoms with Gasteiger partial charge in [-0.15, -0.1) is 5.10 Å². The van der Waals surface area contributed by atoms with Crippen molar-refractivity contribution in [3.8, 4) is 5.82 Å². The molecular weight excluding hydrogens is 457 g/mol. The highest BCUT2D eigenvalue weighted by molar-refractivity contribution is 6.43. The lowest BCUT2D eigenvalue weighted by Crippen LogP contribution is -2.28. The maximum atomic E-state index is 12.9. The first-order chi connectivity index (χ1) is 15.5. The number of hydrogen-bond acceptors (Lipinski definition) is 9. The van der Waals surface area contributed by atoms with E-state index in [1.165, 1.54) is 23.7 Å². The SMILES string of the molecule is Nc1nonc1-n1nnc(C(=O)NN=Cc2cccc(Cl)c2Cl)c1CN1CCCCCC1. The molecule has 1 fully saturated rings. The highest BCUT2D eigenvalue weighted by atomic mass is 35.5. The van der Waals surface area contributed by atoms with Crippen LogP contribution in [-0.2, 0) is 6.54 Å².